The molecule has 55 heavy (non-hydrogen) atoms. The maximum Gasteiger partial charge on any atom is 0.197 e. The van der Waals surface area contributed by atoms with Gasteiger partial charge in [0.1, 0.15) is 0 Å². The van der Waals surface area contributed by atoms with Crippen LogP contribution in [0.25, 0.3) is 103 Å². The van der Waals surface area contributed by atoms with Gasteiger partial charge < -0.3 is 13.7 Å². The molecule has 0 spiro atoms. The van der Waals surface area contributed by atoms with Crippen molar-refractivity contribution >= 4 is 76.8 Å². The second-order valence-corrected chi connectivity index (χ2v) is 13.9. The lowest BCUT2D eigenvalue weighted by atomic mass is 10.0. The molecule has 11 aromatic rings. The largest absolute Gasteiger partial charge is 0.312 e. The highest BCUT2D eigenvalue weighted by molar-refractivity contribution is 6.16. The average molecular weight is 700 g/mol. The number of fused-ring (bicyclic) bond motifs is 9. The summed E-state index contributed by atoms with van der Waals surface area (Å²) in [5, 5.41) is 6.71. The molecule has 5 heteroatoms. The van der Waals surface area contributed by atoms with E-state index in [9.17, 15) is 0 Å². The van der Waals surface area contributed by atoms with E-state index in [1.54, 1.807) is 0 Å². The Morgan fingerprint density at radius 1 is 0.382 bits per heavy atom. The van der Waals surface area contributed by atoms with Gasteiger partial charge in [0, 0.05) is 43.7 Å². The lowest BCUT2D eigenvalue weighted by molar-refractivity contribution is 1.13. The van der Waals surface area contributed by atoms with Gasteiger partial charge in [0.25, 0.3) is 0 Å². The van der Waals surface area contributed by atoms with E-state index in [1.165, 1.54) is 21.5 Å². The maximum atomic E-state index is 8.23. The van der Waals surface area contributed by atoms with Crippen molar-refractivity contribution in [2.75, 3.05) is 0 Å². The van der Waals surface area contributed by atoms with Gasteiger partial charge >= 0.3 is 0 Å². The predicted octanol–water partition coefficient (Wildman–Crippen LogP) is 13.7. The first-order chi connectivity index (χ1) is 27.2. The molecule has 0 N–H and O–H groups in total. The molecule has 11 rings (SSSR count). The molecule has 0 aliphatic heterocycles. The van der Waals surface area contributed by atoms with Gasteiger partial charge in [0.2, 0.25) is 0 Å². The van der Waals surface area contributed by atoms with Crippen molar-refractivity contribution in [3.63, 3.8) is 0 Å². The van der Waals surface area contributed by atoms with E-state index < -0.39 is 0 Å². The fraction of sp³-hybridized carbons (Fsp3) is 0. The summed E-state index contributed by atoms with van der Waals surface area (Å²) in [4.78, 5) is 7.88. The molecule has 0 bridgehead atoms. The number of para-hydroxylation sites is 6. The van der Waals surface area contributed by atoms with E-state index in [1.807, 2.05) is 36.4 Å². The monoisotopic (exact) mass is 699 g/mol. The number of benzene rings is 8. The minimum atomic E-state index is 0.544. The van der Waals surface area contributed by atoms with Gasteiger partial charge in [-0.25, -0.2) is 9.69 Å². The SMILES string of the molecule is [C-]#[N+]c1cc(-c2ccccc2-n2c3ccccc3c3cccc(-n4c5ccccc5c5ccccc54)c32)cc(-n2c3ccccc3c3c([N+]#[C-])cccc32)c1. The minimum Gasteiger partial charge on any atom is -0.312 e. The Bertz CT molecular complexity index is 3420. The molecule has 3 aromatic heterocycles. The summed E-state index contributed by atoms with van der Waals surface area (Å²) in [6, 6.07) is 61.3. The zero-order valence-electron chi connectivity index (χ0n) is 29.5. The average Bonchev–Trinajstić information content (AvgIpc) is 3.89. The van der Waals surface area contributed by atoms with Crippen LogP contribution in [0.3, 0.4) is 0 Å². The summed E-state index contributed by atoms with van der Waals surface area (Å²) in [7, 11) is 0. The van der Waals surface area contributed by atoms with Crippen molar-refractivity contribution in [3.05, 3.63) is 199 Å². The first kappa shape index (κ1) is 30.7. The number of aromatic nitrogens is 3. The third-order valence-electron chi connectivity index (χ3n) is 11.0. The molecule has 0 unspecified atom stereocenters. The topological polar surface area (TPSA) is 23.5 Å². The van der Waals surface area contributed by atoms with Gasteiger partial charge in [-0.2, -0.15) is 0 Å². The van der Waals surface area contributed by atoms with Crippen LogP contribution >= 0.6 is 0 Å². The maximum absolute atomic E-state index is 8.23. The lowest BCUT2D eigenvalue weighted by Crippen LogP contribution is -2.02. The van der Waals surface area contributed by atoms with Crippen LogP contribution in [-0.4, -0.2) is 13.7 Å². The molecule has 8 aromatic carbocycles. The van der Waals surface area contributed by atoms with E-state index >= 15 is 0 Å². The number of hydrogen-bond donors (Lipinski definition) is 0. The van der Waals surface area contributed by atoms with E-state index in [-0.39, 0.29) is 0 Å². The highest BCUT2D eigenvalue weighted by atomic mass is 15.1. The van der Waals surface area contributed by atoms with E-state index in [4.69, 9.17) is 13.1 Å². The number of nitrogens with zero attached hydrogens (tertiary/aromatic N) is 5. The zero-order chi connectivity index (χ0) is 36.6. The van der Waals surface area contributed by atoms with Crippen molar-refractivity contribution in [2.24, 2.45) is 0 Å². The molecule has 0 saturated heterocycles. The molecule has 0 amide bonds. The van der Waals surface area contributed by atoms with Gasteiger partial charge in [0.15, 0.2) is 11.4 Å². The molecule has 3 heterocycles. The molecule has 254 valence electrons. The standard InChI is InChI=1S/C50H29N5/c1-51-33-29-32(30-34(31-33)53-46-26-12-7-19-40(46)49-41(52-2)21-14-27-47(49)53)35-15-3-8-22-42(35)55-45-25-11-6-18-38(45)39-20-13-28-48(50(39)55)54-43-23-9-4-16-36(43)37-17-5-10-24-44(37)54/h3-31H. The predicted molar refractivity (Wildman–Crippen MR) is 227 cm³/mol. The van der Waals surface area contributed by atoms with E-state index in [2.05, 4.69) is 163 Å². The normalized spacial score (nSPS) is 11.6. The van der Waals surface area contributed by atoms with Gasteiger partial charge in [-0.15, -0.1) is 0 Å². The summed E-state index contributed by atoms with van der Waals surface area (Å²) >= 11 is 0. The molecule has 0 radical (unpaired) electrons. The summed E-state index contributed by atoms with van der Waals surface area (Å²) in [5.74, 6) is 0. The van der Waals surface area contributed by atoms with Gasteiger partial charge in [0.05, 0.1) is 52.1 Å². The highest BCUT2D eigenvalue weighted by Crippen LogP contribution is 2.43. The minimum absolute atomic E-state index is 0.544. The molecular weight excluding hydrogens is 671 g/mol. The fourth-order valence-electron chi connectivity index (χ4n) is 8.84. The Hall–Kier alpha value is -7.86. The summed E-state index contributed by atoms with van der Waals surface area (Å²) in [6.45, 7) is 16.2. The number of rotatable bonds is 4. The van der Waals surface area contributed by atoms with E-state index in [0.29, 0.717) is 11.4 Å². The lowest BCUT2D eigenvalue weighted by Gasteiger charge is -2.18. The zero-order valence-corrected chi connectivity index (χ0v) is 29.5. The van der Waals surface area contributed by atoms with Crippen molar-refractivity contribution in [1.29, 1.82) is 0 Å². The van der Waals surface area contributed by atoms with Crippen LogP contribution < -0.4 is 0 Å². The van der Waals surface area contributed by atoms with Crippen LogP contribution in [0.15, 0.2) is 176 Å². The highest BCUT2D eigenvalue weighted by Gasteiger charge is 2.22. The third-order valence-corrected chi connectivity index (χ3v) is 11.0. The number of hydrogen-bond acceptors (Lipinski definition) is 0. The van der Waals surface area contributed by atoms with Crippen LogP contribution in [-0.2, 0) is 0 Å². The Morgan fingerprint density at radius 2 is 0.909 bits per heavy atom. The first-order valence-corrected chi connectivity index (χ1v) is 18.3. The second kappa shape index (κ2) is 11.8. The fourth-order valence-corrected chi connectivity index (χ4v) is 8.84. The van der Waals surface area contributed by atoms with Crippen LogP contribution in [0, 0.1) is 13.1 Å². The van der Waals surface area contributed by atoms with Crippen LogP contribution in [0.2, 0.25) is 0 Å². The molecule has 0 fully saturated rings. The van der Waals surface area contributed by atoms with Crippen LogP contribution in [0.5, 0.6) is 0 Å². The van der Waals surface area contributed by atoms with Gasteiger partial charge in [-0.05, 0) is 71.6 Å². The van der Waals surface area contributed by atoms with Gasteiger partial charge in [-0.1, -0.05) is 115 Å². The molecule has 0 aliphatic carbocycles. The molecular formula is C50H29N5. The Labute approximate surface area is 316 Å². The quantitative estimate of drug-likeness (QED) is 0.163. The van der Waals surface area contributed by atoms with Gasteiger partial charge in [-0.3, -0.25) is 0 Å². The summed E-state index contributed by atoms with van der Waals surface area (Å²) in [5.41, 5.74) is 12.6. The molecule has 5 nitrogen and oxygen atoms in total. The van der Waals surface area contributed by atoms with E-state index in [0.717, 1.165) is 72.1 Å². The molecule has 0 aliphatic rings. The van der Waals surface area contributed by atoms with Crippen molar-refractivity contribution in [1.82, 2.24) is 13.7 Å². The van der Waals surface area contributed by atoms with Crippen molar-refractivity contribution in [3.8, 4) is 28.2 Å². The Balaban J connectivity index is 1.22. The third kappa shape index (κ3) is 4.39. The second-order valence-electron chi connectivity index (χ2n) is 13.9. The van der Waals surface area contributed by atoms with Crippen molar-refractivity contribution < 1.29 is 0 Å². The summed E-state index contributed by atoms with van der Waals surface area (Å²) in [6.07, 6.45) is 0. The van der Waals surface area contributed by atoms with Crippen LogP contribution in [0.4, 0.5) is 11.4 Å². The molecule has 0 atom stereocenters. The van der Waals surface area contributed by atoms with Crippen molar-refractivity contribution in [2.45, 2.75) is 0 Å². The molecule has 0 saturated carbocycles. The van der Waals surface area contributed by atoms with Crippen LogP contribution in [0.1, 0.15) is 0 Å². The Kier molecular flexibility index (Phi) is 6.61. The smallest absolute Gasteiger partial charge is 0.197 e. The summed E-state index contributed by atoms with van der Waals surface area (Å²) < 4.78 is 7.01. The first-order valence-electron chi connectivity index (χ1n) is 18.3. The Morgan fingerprint density at radius 3 is 1.60 bits per heavy atom.